The summed E-state index contributed by atoms with van der Waals surface area (Å²) >= 11 is 0. The Morgan fingerprint density at radius 3 is 2.62 bits per heavy atom. The van der Waals surface area contributed by atoms with Crippen molar-refractivity contribution in [2.45, 2.75) is 76.4 Å². The lowest BCUT2D eigenvalue weighted by atomic mass is 9.88. The maximum atomic E-state index is 13.4. The Morgan fingerprint density at radius 1 is 1.08 bits per heavy atom. The summed E-state index contributed by atoms with van der Waals surface area (Å²) in [4.78, 5) is 27.9. The maximum Gasteiger partial charge on any atom is 0.253 e. The number of fused-ring (bicyclic) bond motifs is 1. The first kappa shape index (κ1) is 24.6. The Morgan fingerprint density at radius 2 is 1.84 bits per heavy atom. The first-order valence-corrected chi connectivity index (χ1v) is 14.4. The summed E-state index contributed by atoms with van der Waals surface area (Å²) in [6.07, 6.45) is 13.1. The van der Waals surface area contributed by atoms with Gasteiger partial charge < -0.3 is 14.5 Å². The number of carbonyl (C=O) groups is 1. The van der Waals surface area contributed by atoms with Gasteiger partial charge in [-0.3, -0.25) is 15.1 Å². The molecule has 5 aliphatic rings. The molecule has 0 bridgehead atoms. The molecule has 3 fully saturated rings. The van der Waals surface area contributed by atoms with Crippen molar-refractivity contribution in [3.05, 3.63) is 23.9 Å². The molecule has 1 aromatic rings. The van der Waals surface area contributed by atoms with Crippen molar-refractivity contribution in [1.82, 2.24) is 20.2 Å². The van der Waals surface area contributed by atoms with Crippen LogP contribution in [0.1, 0.15) is 63.4 Å². The maximum absolute atomic E-state index is 13.4. The Balaban J connectivity index is 1.27. The number of aliphatic imine (C=N–C) groups is 1. The third kappa shape index (κ3) is 5.33. The first-order valence-electron chi connectivity index (χ1n) is 14.4. The minimum absolute atomic E-state index is 0.0200. The molecule has 0 spiro atoms. The number of aromatic nitrogens is 1. The molecule has 9 heteroatoms. The third-order valence-corrected chi connectivity index (χ3v) is 8.84. The molecule has 1 aromatic heterocycles. The Kier molecular flexibility index (Phi) is 7.31. The van der Waals surface area contributed by atoms with Gasteiger partial charge in [-0.05, 0) is 49.3 Å². The van der Waals surface area contributed by atoms with Gasteiger partial charge in [0, 0.05) is 45.3 Å². The van der Waals surface area contributed by atoms with Crippen LogP contribution < -0.4 is 10.2 Å². The Labute approximate surface area is 220 Å². The second-order valence-electron chi connectivity index (χ2n) is 11.4. The molecule has 2 saturated carbocycles. The molecule has 0 aromatic carbocycles. The molecule has 4 heterocycles. The van der Waals surface area contributed by atoms with Crippen LogP contribution in [0.5, 0.6) is 0 Å². The van der Waals surface area contributed by atoms with Gasteiger partial charge in [-0.2, -0.15) is 5.10 Å². The van der Waals surface area contributed by atoms with Crippen LogP contribution in [0.15, 0.2) is 28.4 Å². The number of hydrazone groups is 1. The van der Waals surface area contributed by atoms with E-state index in [-0.39, 0.29) is 18.0 Å². The highest BCUT2D eigenvalue weighted by Gasteiger charge is 2.47. The van der Waals surface area contributed by atoms with Gasteiger partial charge in [0.1, 0.15) is 11.9 Å². The van der Waals surface area contributed by atoms with Crippen LogP contribution >= 0.6 is 0 Å². The summed E-state index contributed by atoms with van der Waals surface area (Å²) in [6.45, 7) is 4.83. The SMILES string of the molecule is CN1N=C(C2CCCC2)C2N=C(N(Cc3ccnc(N4CCOCC4)c3)CC3CCCCC3)NC(=O)C21. The zero-order valence-electron chi connectivity index (χ0n) is 22.1. The standard InChI is InChI=1S/C28H41N7O2/c1-33-26-25(24(32-33)22-9-5-6-10-22)30-28(31-27(26)36)35(18-20-7-3-2-4-8-20)19-21-11-12-29-23(17-21)34-13-15-37-16-14-34/h11-12,17,20,22,25-26H,2-10,13-16,18-19H2,1H3,(H,30,31,36). The lowest BCUT2D eigenvalue weighted by molar-refractivity contribution is -0.124. The van der Waals surface area contributed by atoms with Gasteiger partial charge in [-0.25, -0.2) is 9.98 Å². The summed E-state index contributed by atoms with van der Waals surface area (Å²) in [6, 6.07) is 3.79. The van der Waals surface area contributed by atoms with Crippen molar-refractivity contribution in [3.8, 4) is 0 Å². The second kappa shape index (κ2) is 11.0. The van der Waals surface area contributed by atoms with Crippen LogP contribution in [-0.4, -0.2) is 84.5 Å². The van der Waals surface area contributed by atoms with E-state index in [0.29, 0.717) is 18.4 Å². The highest BCUT2D eigenvalue weighted by Crippen LogP contribution is 2.34. The van der Waals surface area contributed by atoms with Crippen molar-refractivity contribution in [3.63, 3.8) is 0 Å². The van der Waals surface area contributed by atoms with E-state index >= 15 is 0 Å². The van der Waals surface area contributed by atoms with Crippen molar-refractivity contribution in [2.24, 2.45) is 21.9 Å². The number of anilines is 1. The average Bonchev–Trinajstić information content (AvgIpc) is 3.58. The lowest BCUT2D eigenvalue weighted by Gasteiger charge is -2.36. The largest absolute Gasteiger partial charge is 0.378 e. The number of ether oxygens (including phenoxy) is 1. The zero-order valence-corrected chi connectivity index (χ0v) is 22.1. The molecule has 2 atom stereocenters. The Hall–Kier alpha value is -2.68. The molecule has 1 saturated heterocycles. The van der Waals surface area contributed by atoms with E-state index in [9.17, 15) is 4.79 Å². The van der Waals surface area contributed by atoms with E-state index in [1.165, 1.54) is 50.5 Å². The fourth-order valence-electron chi connectivity index (χ4n) is 6.82. The third-order valence-electron chi connectivity index (χ3n) is 8.84. The van der Waals surface area contributed by atoms with Gasteiger partial charge in [0.25, 0.3) is 5.91 Å². The van der Waals surface area contributed by atoms with Gasteiger partial charge in [0.2, 0.25) is 5.96 Å². The number of amides is 1. The normalized spacial score (nSPS) is 27.1. The lowest BCUT2D eigenvalue weighted by Crippen LogP contribution is -2.58. The molecule has 37 heavy (non-hydrogen) atoms. The molecule has 200 valence electrons. The fourth-order valence-corrected chi connectivity index (χ4v) is 6.82. The number of rotatable bonds is 6. The molecule has 2 aliphatic carbocycles. The van der Waals surface area contributed by atoms with Crippen LogP contribution in [0.4, 0.5) is 5.82 Å². The van der Waals surface area contributed by atoms with Crippen LogP contribution in [0.3, 0.4) is 0 Å². The number of hydrogen-bond acceptors (Lipinski definition) is 8. The van der Waals surface area contributed by atoms with Crippen molar-refractivity contribution in [1.29, 1.82) is 0 Å². The predicted molar refractivity (Wildman–Crippen MR) is 145 cm³/mol. The molecular weight excluding hydrogens is 466 g/mol. The van der Waals surface area contributed by atoms with Gasteiger partial charge in [0.05, 0.1) is 18.9 Å². The second-order valence-corrected chi connectivity index (χ2v) is 11.4. The predicted octanol–water partition coefficient (Wildman–Crippen LogP) is 3.02. The molecule has 3 aliphatic heterocycles. The van der Waals surface area contributed by atoms with Gasteiger partial charge in [0.15, 0.2) is 6.04 Å². The van der Waals surface area contributed by atoms with E-state index in [1.807, 2.05) is 18.3 Å². The fraction of sp³-hybridized carbons (Fsp3) is 0.714. The summed E-state index contributed by atoms with van der Waals surface area (Å²) in [5.41, 5.74) is 2.31. The molecule has 2 unspecified atom stereocenters. The smallest absolute Gasteiger partial charge is 0.253 e. The number of carbonyl (C=O) groups excluding carboxylic acids is 1. The molecule has 9 nitrogen and oxygen atoms in total. The molecular formula is C28H41N7O2. The number of nitrogens with zero attached hydrogens (tertiary/aromatic N) is 6. The van der Waals surface area contributed by atoms with Crippen molar-refractivity contribution >= 4 is 23.4 Å². The summed E-state index contributed by atoms with van der Waals surface area (Å²) in [5, 5.41) is 9.90. The number of morpholine rings is 1. The zero-order chi connectivity index (χ0) is 25.2. The van der Waals surface area contributed by atoms with E-state index in [4.69, 9.17) is 14.8 Å². The number of pyridine rings is 1. The van der Waals surface area contributed by atoms with Crippen molar-refractivity contribution in [2.75, 3.05) is 44.8 Å². The van der Waals surface area contributed by atoms with Crippen LogP contribution in [0.2, 0.25) is 0 Å². The van der Waals surface area contributed by atoms with Gasteiger partial charge in [-0.1, -0.05) is 32.1 Å². The summed E-state index contributed by atoms with van der Waals surface area (Å²) < 4.78 is 5.53. The average molecular weight is 508 g/mol. The molecule has 6 rings (SSSR count). The monoisotopic (exact) mass is 507 g/mol. The molecule has 0 radical (unpaired) electrons. The summed E-state index contributed by atoms with van der Waals surface area (Å²) in [7, 11) is 1.92. The van der Waals surface area contributed by atoms with Crippen LogP contribution in [0, 0.1) is 11.8 Å². The molecule has 1 amide bonds. The number of likely N-dealkylation sites (N-methyl/N-ethyl adjacent to an activating group) is 1. The van der Waals surface area contributed by atoms with E-state index in [1.54, 1.807) is 0 Å². The summed E-state index contributed by atoms with van der Waals surface area (Å²) in [5.74, 6) is 2.83. The highest BCUT2D eigenvalue weighted by atomic mass is 16.5. The molecule has 1 N–H and O–H groups in total. The minimum Gasteiger partial charge on any atom is -0.378 e. The van der Waals surface area contributed by atoms with E-state index < -0.39 is 0 Å². The topological polar surface area (TPSA) is 85.7 Å². The van der Waals surface area contributed by atoms with Crippen molar-refractivity contribution < 1.29 is 9.53 Å². The highest BCUT2D eigenvalue weighted by molar-refractivity contribution is 6.09. The first-order chi connectivity index (χ1) is 18.2. The number of hydrogen-bond donors (Lipinski definition) is 1. The number of nitrogens with one attached hydrogen (secondary N) is 1. The van der Waals surface area contributed by atoms with Gasteiger partial charge >= 0.3 is 0 Å². The van der Waals surface area contributed by atoms with Gasteiger partial charge in [-0.15, -0.1) is 0 Å². The van der Waals surface area contributed by atoms with E-state index in [0.717, 1.165) is 63.2 Å². The number of guanidine groups is 1. The minimum atomic E-state index is -0.329. The van der Waals surface area contributed by atoms with Crippen LogP contribution in [0.25, 0.3) is 0 Å². The Bertz CT molecular complexity index is 1030. The van der Waals surface area contributed by atoms with E-state index in [2.05, 4.69) is 32.2 Å². The quantitative estimate of drug-likeness (QED) is 0.637. The van der Waals surface area contributed by atoms with Crippen LogP contribution in [-0.2, 0) is 16.1 Å².